The van der Waals surface area contributed by atoms with Crippen molar-refractivity contribution in [3.63, 3.8) is 0 Å². The molecule has 2 aliphatic rings. The van der Waals surface area contributed by atoms with Crippen molar-refractivity contribution in [2.24, 2.45) is 5.73 Å². The van der Waals surface area contributed by atoms with Crippen LogP contribution in [0.5, 0.6) is 0 Å². The first-order valence-electron chi connectivity index (χ1n) is 7.60. The molecule has 1 heterocycles. The summed E-state index contributed by atoms with van der Waals surface area (Å²) in [6.07, 6.45) is 5.72. The number of nitrogens with one attached hydrogen (secondary N) is 1. The maximum absolute atomic E-state index is 11.8. The van der Waals surface area contributed by atoms with Gasteiger partial charge in [0.15, 0.2) is 0 Å². The molecule has 1 aliphatic carbocycles. The Morgan fingerprint density at radius 2 is 2.26 bits per heavy atom. The summed E-state index contributed by atoms with van der Waals surface area (Å²) in [4.78, 5) is 14.2. The molecule has 1 saturated carbocycles. The summed E-state index contributed by atoms with van der Waals surface area (Å²) < 4.78 is 5.88. The van der Waals surface area contributed by atoms with Crippen molar-refractivity contribution < 1.29 is 9.53 Å². The van der Waals surface area contributed by atoms with Crippen LogP contribution in [0.25, 0.3) is 0 Å². The van der Waals surface area contributed by atoms with E-state index in [2.05, 4.69) is 10.2 Å². The van der Waals surface area contributed by atoms with Crippen LogP contribution in [0.15, 0.2) is 0 Å². The minimum Gasteiger partial charge on any atom is -0.375 e. The highest BCUT2D eigenvalue weighted by atomic mass is 16.5. The molecule has 0 aromatic carbocycles. The van der Waals surface area contributed by atoms with Crippen LogP contribution < -0.4 is 11.1 Å². The number of morpholine rings is 1. The van der Waals surface area contributed by atoms with E-state index in [0.29, 0.717) is 31.7 Å². The molecule has 0 bridgehead atoms. The van der Waals surface area contributed by atoms with E-state index >= 15 is 0 Å². The third kappa shape index (κ3) is 3.68. The molecule has 2 rings (SSSR count). The van der Waals surface area contributed by atoms with Gasteiger partial charge < -0.3 is 15.8 Å². The van der Waals surface area contributed by atoms with E-state index in [1.807, 2.05) is 6.92 Å². The van der Waals surface area contributed by atoms with Crippen molar-refractivity contribution in [3.8, 4) is 0 Å². The van der Waals surface area contributed by atoms with Crippen LogP contribution in [0.1, 0.15) is 39.0 Å². The van der Waals surface area contributed by atoms with E-state index in [1.165, 1.54) is 19.3 Å². The van der Waals surface area contributed by atoms with Gasteiger partial charge in [-0.2, -0.15) is 0 Å². The molecular weight excluding hydrogens is 242 g/mol. The number of ether oxygens (including phenoxy) is 1. The number of rotatable bonds is 5. The highest BCUT2D eigenvalue weighted by Gasteiger charge is 2.37. The number of carbonyl (C=O) groups excluding carboxylic acids is 1. The molecule has 110 valence electrons. The Morgan fingerprint density at radius 3 is 3.00 bits per heavy atom. The Kier molecular flexibility index (Phi) is 5.60. The van der Waals surface area contributed by atoms with Gasteiger partial charge in [0.1, 0.15) is 0 Å². The Morgan fingerprint density at radius 1 is 1.47 bits per heavy atom. The lowest BCUT2D eigenvalue weighted by Gasteiger charge is -2.47. The number of carbonyl (C=O) groups is 1. The van der Waals surface area contributed by atoms with Crippen molar-refractivity contribution >= 4 is 5.91 Å². The van der Waals surface area contributed by atoms with Gasteiger partial charge in [-0.3, -0.25) is 9.69 Å². The van der Waals surface area contributed by atoms with E-state index in [1.54, 1.807) is 0 Å². The van der Waals surface area contributed by atoms with Crippen LogP contribution in [0.2, 0.25) is 0 Å². The fourth-order valence-electron chi connectivity index (χ4n) is 3.40. The molecule has 1 amide bonds. The highest BCUT2D eigenvalue weighted by molar-refractivity contribution is 5.76. The van der Waals surface area contributed by atoms with Crippen molar-refractivity contribution in [2.45, 2.75) is 57.2 Å². The van der Waals surface area contributed by atoms with Gasteiger partial charge in [0.2, 0.25) is 5.91 Å². The number of amides is 1. The summed E-state index contributed by atoms with van der Waals surface area (Å²) in [5.74, 6) is 0.108. The lowest BCUT2D eigenvalue weighted by molar-refractivity contribution is -0.127. The van der Waals surface area contributed by atoms with E-state index < -0.39 is 0 Å². The van der Waals surface area contributed by atoms with Crippen molar-refractivity contribution in [1.82, 2.24) is 10.2 Å². The summed E-state index contributed by atoms with van der Waals surface area (Å²) in [7, 11) is 0. The van der Waals surface area contributed by atoms with Gasteiger partial charge in [-0.15, -0.1) is 0 Å². The molecular formula is C14H27N3O2. The second-order valence-electron chi connectivity index (χ2n) is 5.55. The first-order chi connectivity index (χ1) is 9.26. The summed E-state index contributed by atoms with van der Waals surface area (Å²) >= 11 is 0. The van der Waals surface area contributed by atoms with Gasteiger partial charge >= 0.3 is 0 Å². The van der Waals surface area contributed by atoms with Crippen LogP contribution >= 0.6 is 0 Å². The number of nitrogens with two attached hydrogens (primary N) is 1. The summed E-state index contributed by atoms with van der Waals surface area (Å²) in [5.41, 5.74) is 5.91. The third-order valence-electron chi connectivity index (χ3n) is 4.31. The second-order valence-corrected chi connectivity index (χ2v) is 5.55. The molecule has 3 atom stereocenters. The zero-order valence-corrected chi connectivity index (χ0v) is 11.9. The van der Waals surface area contributed by atoms with Crippen molar-refractivity contribution in [2.75, 3.05) is 26.2 Å². The molecule has 19 heavy (non-hydrogen) atoms. The fourth-order valence-corrected chi connectivity index (χ4v) is 3.40. The van der Waals surface area contributed by atoms with Crippen LogP contribution in [0.3, 0.4) is 0 Å². The molecule has 5 nitrogen and oxygen atoms in total. The van der Waals surface area contributed by atoms with Crippen LogP contribution in [0, 0.1) is 0 Å². The van der Waals surface area contributed by atoms with Crippen LogP contribution in [-0.2, 0) is 9.53 Å². The SMILES string of the molecule is CCNC(=O)CC(CN)N1CCOC2CCCCC21. The zero-order valence-electron chi connectivity index (χ0n) is 11.9. The largest absolute Gasteiger partial charge is 0.375 e. The van der Waals surface area contributed by atoms with Crippen molar-refractivity contribution in [3.05, 3.63) is 0 Å². The lowest BCUT2D eigenvalue weighted by Crippen LogP contribution is -2.58. The average molecular weight is 269 g/mol. The lowest BCUT2D eigenvalue weighted by atomic mass is 9.88. The number of hydrogen-bond acceptors (Lipinski definition) is 4. The molecule has 5 heteroatoms. The minimum absolute atomic E-state index is 0.108. The van der Waals surface area contributed by atoms with Gasteiger partial charge in [-0.05, 0) is 19.8 Å². The quantitative estimate of drug-likeness (QED) is 0.762. The Bertz CT molecular complexity index is 296. The molecule has 2 fully saturated rings. The molecule has 0 aromatic rings. The first-order valence-corrected chi connectivity index (χ1v) is 7.60. The Balaban J connectivity index is 1.97. The number of nitrogens with zero attached hydrogens (tertiary/aromatic N) is 1. The summed E-state index contributed by atoms with van der Waals surface area (Å²) in [6.45, 7) is 4.85. The second kappa shape index (κ2) is 7.22. The Labute approximate surface area is 115 Å². The van der Waals surface area contributed by atoms with Gasteiger partial charge in [0, 0.05) is 38.1 Å². The van der Waals surface area contributed by atoms with Crippen molar-refractivity contribution in [1.29, 1.82) is 0 Å². The average Bonchev–Trinajstić information content (AvgIpc) is 2.44. The zero-order chi connectivity index (χ0) is 13.7. The molecule has 0 aromatic heterocycles. The molecule has 0 spiro atoms. The minimum atomic E-state index is 0.108. The number of fused-ring (bicyclic) bond motifs is 1. The van der Waals surface area contributed by atoms with E-state index in [4.69, 9.17) is 10.5 Å². The summed E-state index contributed by atoms with van der Waals surface area (Å²) in [5, 5.41) is 2.87. The topological polar surface area (TPSA) is 67.6 Å². The molecule has 0 radical (unpaired) electrons. The normalized spacial score (nSPS) is 29.6. The predicted molar refractivity (Wildman–Crippen MR) is 74.8 cm³/mol. The first kappa shape index (κ1) is 14.8. The van der Waals surface area contributed by atoms with E-state index in [0.717, 1.165) is 19.6 Å². The Hall–Kier alpha value is -0.650. The van der Waals surface area contributed by atoms with Gasteiger partial charge in [0.05, 0.1) is 12.7 Å². The summed E-state index contributed by atoms with van der Waals surface area (Å²) in [6, 6.07) is 0.617. The van der Waals surface area contributed by atoms with Gasteiger partial charge in [-0.1, -0.05) is 12.8 Å². The van der Waals surface area contributed by atoms with Crippen LogP contribution in [0.4, 0.5) is 0 Å². The molecule has 1 saturated heterocycles. The molecule has 3 N–H and O–H groups in total. The van der Waals surface area contributed by atoms with Crippen LogP contribution in [-0.4, -0.2) is 55.2 Å². The van der Waals surface area contributed by atoms with Gasteiger partial charge in [-0.25, -0.2) is 0 Å². The number of hydrogen-bond donors (Lipinski definition) is 2. The predicted octanol–water partition coefficient (Wildman–Crippen LogP) is 0.483. The molecule has 1 aliphatic heterocycles. The standard InChI is InChI=1S/C14H27N3O2/c1-2-16-14(18)9-11(10-15)17-7-8-19-13-6-4-3-5-12(13)17/h11-13H,2-10,15H2,1H3,(H,16,18). The maximum Gasteiger partial charge on any atom is 0.221 e. The van der Waals surface area contributed by atoms with E-state index in [9.17, 15) is 4.79 Å². The fraction of sp³-hybridized carbons (Fsp3) is 0.929. The van der Waals surface area contributed by atoms with E-state index in [-0.39, 0.29) is 11.9 Å². The van der Waals surface area contributed by atoms with Gasteiger partial charge in [0.25, 0.3) is 0 Å². The monoisotopic (exact) mass is 269 g/mol. The maximum atomic E-state index is 11.8. The molecule has 3 unspecified atom stereocenters. The third-order valence-corrected chi connectivity index (χ3v) is 4.31. The smallest absolute Gasteiger partial charge is 0.221 e. The highest BCUT2D eigenvalue weighted by Crippen LogP contribution is 2.30.